The SMILES string of the molecule is O=C(CC1CC1)N1C[C@H]2CCCC(=O)N(Cc3ccccc3)[C@H]2C1. The van der Waals surface area contributed by atoms with Crippen molar-refractivity contribution < 1.29 is 9.59 Å². The van der Waals surface area contributed by atoms with Gasteiger partial charge in [-0.25, -0.2) is 0 Å². The second-order valence-corrected chi connectivity index (χ2v) is 7.67. The second kappa shape index (κ2) is 6.58. The summed E-state index contributed by atoms with van der Waals surface area (Å²) in [6.45, 7) is 2.25. The van der Waals surface area contributed by atoms with Crippen molar-refractivity contribution in [3.8, 4) is 0 Å². The van der Waals surface area contributed by atoms with Gasteiger partial charge in [-0.05, 0) is 43.1 Å². The molecule has 4 rings (SSSR count). The lowest BCUT2D eigenvalue weighted by atomic mass is 9.98. The van der Waals surface area contributed by atoms with Gasteiger partial charge in [0.25, 0.3) is 0 Å². The normalized spacial score (nSPS) is 27.1. The van der Waals surface area contributed by atoms with Crippen LogP contribution in [0, 0.1) is 11.8 Å². The van der Waals surface area contributed by atoms with Crippen LogP contribution in [0.5, 0.6) is 0 Å². The molecule has 0 bridgehead atoms. The van der Waals surface area contributed by atoms with Gasteiger partial charge in [0.2, 0.25) is 11.8 Å². The van der Waals surface area contributed by atoms with Crippen LogP contribution in [0.1, 0.15) is 44.1 Å². The van der Waals surface area contributed by atoms with E-state index in [2.05, 4.69) is 17.0 Å². The third-order valence-corrected chi connectivity index (χ3v) is 5.80. The Balaban J connectivity index is 1.49. The maximum atomic E-state index is 12.6. The van der Waals surface area contributed by atoms with Crippen molar-refractivity contribution in [2.24, 2.45) is 11.8 Å². The number of fused-ring (bicyclic) bond motifs is 1. The molecule has 2 atom stereocenters. The highest BCUT2D eigenvalue weighted by molar-refractivity contribution is 5.79. The number of rotatable bonds is 4. The summed E-state index contributed by atoms with van der Waals surface area (Å²) in [7, 11) is 0. The molecule has 1 aromatic carbocycles. The number of nitrogens with zero attached hydrogens (tertiary/aromatic N) is 2. The Morgan fingerprint density at radius 1 is 1.08 bits per heavy atom. The van der Waals surface area contributed by atoms with Crippen LogP contribution >= 0.6 is 0 Å². The molecule has 4 nitrogen and oxygen atoms in total. The molecule has 0 unspecified atom stereocenters. The van der Waals surface area contributed by atoms with Gasteiger partial charge in [0.15, 0.2) is 0 Å². The van der Waals surface area contributed by atoms with E-state index >= 15 is 0 Å². The summed E-state index contributed by atoms with van der Waals surface area (Å²) < 4.78 is 0. The Hall–Kier alpha value is -1.84. The fourth-order valence-corrected chi connectivity index (χ4v) is 4.22. The second-order valence-electron chi connectivity index (χ2n) is 7.67. The van der Waals surface area contributed by atoms with Crippen LogP contribution in [-0.4, -0.2) is 40.7 Å². The van der Waals surface area contributed by atoms with Crippen LogP contribution in [-0.2, 0) is 16.1 Å². The van der Waals surface area contributed by atoms with Crippen molar-refractivity contribution in [1.82, 2.24) is 9.80 Å². The average molecular weight is 326 g/mol. The van der Waals surface area contributed by atoms with E-state index in [1.165, 1.54) is 18.4 Å². The Morgan fingerprint density at radius 3 is 2.62 bits per heavy atom. The molecule has 0 radical (unpaired) electrons. The maximum absolute atomic E-state index is 12.6. The minimum atomic E-state index is 0.198. The summed E-state index contributed by atoms with van der Waals surface area (Å²) in [6, 6.07) is 10.4. The zero-order chi connectivity index (χ0) is 16.5. The number of hydrogen-bond acceptors (Lipinski definition) is 2. The van der Waals surface area contributed by atoms with Crippen molar-refractivity contribution in [2.45, 2.75) is 51.1 Å². The molecular formula is C20H26N2O2. The van der Waals surface area contributed by atoms with Crippen molar-refractivity contribution in [3.63, 3.8) is 0 Å². The molecule has 4 heteroatoms. The Bertz CT molecular complexity index is 611. The molecule has 3 fully saturated rings. The van der Waals surface area contributed by atoms with Gasteiger partial charge in [-0.2, -0.15) is 0 Å². The summed E-state index contributed by atoms with van der Waals surface area (Å²) in [5.41, 5.74) is 1.18. The standard InChI is InChI=1S/C20H26N2O2/c23-19-8-4-7-17-13-21(20(24)11-15-9-10-15)14-18(17)22(19)12-16-5-2-1-3-6-16/h1-3,5-6,15,17-18H,4,7-14H2/t17-,18+/m1/s1. The Morgan fingerprint density at radius 2 is 1.88 bits per heavy atom. The fourth-order valence-electron chi connectivity index (χ4n) is 4.22. The Kier molecular flexibility index (Phi) is 4.30. The van der Waals surface area contributed by atoms with E-state index in [1.807, 2.05) is 23.1 Å². The largest absolute Gasteiger partial charge is 0.340 e. The highest BCUT2D eigenvalue weighted by Gasteiger charge is 2.42. The minimum Gasteiger partial charge on any atom is -0.340 e. The number of hydrogen-bond donors (Lipinski definition) is 0. The van der Waals surface area contributed by atoms with Gasteiger partial charge in [-0.15, -0.1) is 0 Å². The highest BCUT2D eigenvalue weighted by atomic mass is 16.2. The molecule has 0 N–H and O–H groups in total. The number of benzene rings is 1. The van der Waals surface area contributed by atoms with Gasteiger partial charge < -0.3 is 9.80 Å². The monoisotopic (exact) mass is 326 g/mol. The van der Waals surface area contributed by atoms with E-state index in [0.29, 0.717) is 37.1 Å². The van der Waals surface area contributed by atoms with E-state index in [4.69, 9.17) is 0 Å². The number of carbonyl (C=O) groups excluding carboxylic acids is 2. The predicted octanol–water partition coefficient (Wildman–Crippen LogP) is 2.83. The van der Waals surface area contributed by atoms with Gasteiger partial charge in [-0.1, -0.05) is 30.3 Å². The quantitative estimate of drug-likeness (QED) is 0.854. The van der Waals surface area contributed by atoms with Gasteiger partial charge in [-0.3, -0.25) is 9.59 Å². The summed E-state index contributed by atoms with van der Waals surface area (Å²) >= 11 is 0. The topological polar surface area (TPSA) is 40.6 Å². The summed E-state index contributed by atoms with van der Waals surface area (Å²) in [5.74, 6) is 1.63. The maximum Gasteiger partial charge on any atom is 0.223 e. The smallest absolute Gasteiger partial charge is 0.223 e. The molecule has 2 amide bonds. The van der Waals surface area contributed by atoms with Crippen LogP contribution < -0.4 is 0 Å². The number of likely N-dealkylation sites (tertiary alicyclic amines) is 2. The van der Waals surface area contributed by atoms with Crippen molar-refractivity contribution in [1.29, 1.82) is 0 Å². The molecule has 1 aliphatic carbocycles. The van der Waals surface area contributed by atoms with E-state index in [9.17, 15) is 9.59 Å². The first-order valence-corrected chi connectivity index (χ1v) is 9.32. The lowest BCUT2D eigenvalue weighted by Gasteiger charge is -2.30. The molecule has 128 valence electrons. The first kappa shape index (κ1) is 15.7. The molecule has 3 aliphatic rings. The first-order valence-electron chi connectivity index (χ1n) is 9.32. The van der Waals surface area contributed by atoms with Crippen molar-refractivity contribution in [3.05, 3.63) is 35.9 Å². The number of carbonyl (C=O) groups is 2. The van der Waals surface area contributed by atoms with E-state index in [0.717, 1.165) is 25.9 Å². The lowest BCUT2D eigenvalue weighted by molar-refractivity contribution is -0.135. The summed E-state index contributed by atoms with van der Waals surface area (Å²) in [5, 5.41) is 0. The van der Waals surface area contributed by atoms with Gasteiger partial charge in [0, 0.05) is 32.5 Å². The predicted molar refractivity (Wildman–Crippen MR) is 92.0 cm³/mol. The summed E-state index contributed by atoms with van der Waals surface area (Å²) in [4.78, 5) is 29.2. The van der Waals surface area contributed by atoms with Crippen LogP contribution in [0.2, 0.25) is 0 Å². The highest BCUT2D eigenvalue weighted by Crippen LogP contribution is 2.36. The Labute approximate surface area is 143 Å². The molecule has 1 aromatic rings. The van der Waals surface area contributed by atoms with Crippen LogP contribution in [0.4, 0.5) is 0 Å². The van der Waals surface area contributed by atoms with Crippen LogP contribution in [0.3, 0.4) is 0 Å². The summed E-state index contributed by atoms with van der Waals surface area (Å²) in [6.07, 6.45) is 5.81. The molecule has 24 heavy (non-hydrogen) atoms. The molecule has 1 saturated carbocycles. The van der Waals surface area contributed by atoms with Crippen LogP contribution in [0.25, 0.3) is 0 Å². The first-order chi connectivity index (χ1) is 11.7. The fraction of sp³-hybridized carbons (Fsp3) is 0.600. The van der Waals surface area contributed by atoms with Crippen molar-refractivity contribution >= 4 is 11.8 Å². The van der Waals surface area contributed by atoms with E-state index in [1.54, 1.807) is 0 Å². The molecule has 2 saturated heterocycles. The number of amides is 2. The molecule has 2 heterocycles. The molecule has 0 spiro atoms. The molecule has 2 aliphatic heterocycles. The van der Waals surface area contributed by atoms with Gasteiger partial charge in [0.05, 0.1) is 6.04 Å². The van der Waals surface area contributed by atoms with Crippen LogP contribution in [0.15, 0.2) is 30.3 Å². The van der Waals surface area contributed by atoms with E-state index < -0.39 is 0 Å². The van der Waals surface area contributed by atoms with Gasteiger partial charge in [0.1, 0.15) is 0 Å². The van der Waals surface area contributed by atoms with Crippen molar-refractivity contribution in [2.75, 3.05) is 13.1 Å². The van der Waals surface area contributed by atoms with Gasteiger partial charge >= 0.3 is 0 Å². The molecular weight excluding hydrogens is 300 g/mol. The third kappa shape index (κ3) is 3.33. The van der Waals surface area contributed by atoms with E-state index in [-0.39, 0.29) is 11.9 Å². The molecule has 0 aromatic heterocycles. The zero-order valence-corrected chi connectivity index (χ0v) is 14.2. The zero-order valence-electron chi connectivity index (χ0n) is 14.2. The lowest BCUT2D eigenvalue weighted by Crippen LogP contribution is -2.43. The minimum absolute atomic E-state index is 0.198. The average Bonchev–Trinajstić information content (AvgIpc) is 3.32. The third-order valence-electron chi connectivity index (χ3n) is 5.80.